The van der Waals surface area contributed by atoms with Gasteiger partial charge in [-0.2, -0.15) is 0 Å². The lowest BCUT2D eigenvalue weighted by Gasteiger charge is -2.46. The van der Waals surface area contributed by atoms with E-state index in [4.69, 9.17) is 17.0 Å². The molecule has 1 fully saturated rings. The molecule has 2 aromatic heterocycles. The molecule has 10 heteroatoms. The summed E-state index contributed by atoms with van der Waals surface area (Å²) in [6.07, 6.45) is 0. The number of thiophene rings is 1. The van der Waals surface area contributed by atoms with Crippen LogP contribution in [-0.4, -0.2) is 48.4 Å². The third kappa shape index (κ3) is 3.63. The predicted molar refractivity (Wildman–Crippen MR) is 110 cm³/mol. The average Bonchev–Trinajstić information content (AvgIpc) is 2.98. The van der Waals surface area contributed by atoms with Crippen LogP contribution in [0.5, 0.6) is 0 Å². The van der Waals surface area contributed by atoms with Gasteiger partial charge >= 0.3 is 0 Å². The minimum absolute atomic E-state index is 0.0724. The number of hydrogen-bond donors (Lipinski definition) is 2. The van der Waals surface area contributed by atoms with E-state index < -0.39 is 15.6 Å². The molecule has 0 spiro atoms. The second-order valence-electron chi connectivity index (χ2n) is 6.79. The first-order valence-electron chi connectivity index (χ1n) is 8.30. The average molecular weight is 428 g/mol. The van der Waals surface area contributed by atoms with Crippen molar-refractivity contribution in [2.45, 2.75) is 25.9 Å². The highest BCUT2D eigenvalue weighted by molar-refractivity contribution is 7.89. The van der Waals surface area contributed by atoms with Crippen LogP contribution in [0.3, 0.4) is 0 Å². The molecule has 1 saturated heterocycles. The lowest BCUT2D eigenvalue weighted by Crippen LogP contribution is -2.61. The van der Waals surface area contributed by atoms with E-state index >= 15 is 0 Å². The number of halogens is 1. The number of anilines is 1. The molecule has 0 bridgehead atoms. The molecule has 7 nitrogen and oxygen atoms in total. The summed E-state index contributed by atoms with van der Waals surface area (Å²) in [5, 5.41) is 11.9. The molecular formula is C17H22ClN5O2S2. The normalized spacial score (nSPS) is 22.2. The zero-order valence-corrected chi connectivity index (χ0v) is 18.0. The standard InChI is InChI=1S/C17H22ClN5O2S2/c1-11-6-5-7-14(21-11)20-9-12-8-13(18)15(26-12)17(2)10-27(24,25)23(4)16(19)22(17)3/h5-8,19H,9-10H2,1-4H3,(H,20,21). The predicted octanol–water partition coefficient (Wildman–Crippen LogP) is 3.07. The quantitative estimate of drug-likeness (QED) is 0.782. The second kappa shape index (κ2) is 6.96. The van der Waals surface area contributed by atoms with Crippen molar-refractivity contribution in [1.82, 2.24) is 14.2 Å². The summed E-state index contributed by atoms with van der Waals surface area (Å²) < 4.78 is 26.0. The first-order chi connectivity index (χ1) is 12.5. The molecule has 2 aromatic rings. The minimum Gasteiger partial charge on any atom is -0.365 e. The number of hydrogen-bond acceptors (Lipinski definition) is 6. The summed E-state index contributed by atoms with van der Waals surface area (Å²) in [7, 11) is -0.460. The van der Waals surface area contributed by atoms with E-state index in [1.165, 1.54) is 18.4 Å². The summed E-state index contributed by atoms with van der Waals surface area (Å²) in [6.45, 7) is 4.27. The molecule has 0 radical (unpaired) electrons. The zero-order chi connectivity index (χ0) is 20.0. The Bertz CT molecular complexity index is 991. The molecule has 1 aliphatic heterocycles. The molecular weight excluding hydrogens is 406 g/mol. The fourth-order valence-corrected chi connectivity index (χ4v) is 6.44. The lowest BCUT2D eigenvalue weighted by atomic mass is 10.0. The molecule has 0 saturated carbocycles. The molecule has 3 rings (SSSR count). The van der Waals surface area contributed by atoms with Crippen molar-refractivity contribution in [3.05, 3.63) is 44.7 Å². The molecule has 1 aliphatic rings. The van der Waals surface area contributed by atoms with Crippen LogP contribution >= 0.6 is 22.9 Å². The Morgan fingerprint density at radius 3 is 2.78 bits per heavy atom. The van der Waals surface area contributed by atoms with Crippen LogP contribution < -0.4 is 5.32 Å². The van der Waals surface area contributed by atoms with Crippen LogP contribution in [0, 0.1) is 12.3 Å². The number of sulfonamides is 1. The molecule has 1 unspecified atom stereocenters. The number of rotatable bonds is 4. The van der Waals surface area contributed by atoms with Gasteiger partial charge < -0.3 is 10.2 Å². The number of pyridine rings is 1. The Labute approximate surface area is 168 Å². The molecule has 0 aromatic carbocycles. The summed E-state index contributed by atoms with van der Waals surface area (Å²) in [5.41, 5.74) is 0.0263. The summed E-state index contributed by atoms with van der Waals surface area (Å²) in [4.78, 5) is 7.77. The molecule has 146 valence electrons. The SMILES string of the molecule is Cc1cccc(NCc2cc(Cl)c(C3(C)CS(=O)(=O)N(C)C(=N)N3C)s2)n1. The van der Waals surface area contributed by atoms with Crippen LogP contribution in [0.15, 0.2) is 24.3 Å². The van der Waals surface area contributed by atoms with Crippen LogP contribution in [0.2, 0.25) is 5.02 Å². The van der Waals surface area contributed by atoms with Gasteiger partial charge in [0.15, 0.2) is 0 Å². The maximum atomic E-state index is 12.5. The monoisotopic (exact) mass is 427 g/mol. The highest BCUT2D eigenvalue weighted by Crippen LogP contribution is 2.42. The van der Waals surface area contributed by atoms with Crippen molar-refractivity contribution in [2.75, 3.05) is 25.2 Å². The summed E-state index contributed by atoms with van der Waals surface area (Å²) in [6, 6.07) is 7.60. The number of aryl methyl sites for hydroxylation is 1. The molecule has 0 amide bonds. The van der Waals surface area contributed by atoms with Gasteiger partial charge in [0.25, 0.3) is 0 Å². The van der Waals surface area contributed by atoms with Gasteiger partial charge in [0, 0.05) is 24.7 Å². The van der Waals surface area contributed by atoms with Crippen molar-refractivity contribution in [2.24, 2.45) is 0 Å². The molecule has 27 heavy (non-hydrogen) atoms. The van der Waals surface area contributed by atoms with E-state index in [9.17, 15) is 8.42 Å². The topological polar surface area (TPSA) is 89.4 Å². The Hall–Kier alpha value is -1.84. The molecule has 3 heterocycles. The third-order valence-corrected chi connectivity index (χ3v) is 8.53. The first kappa shape index (κ1) is 19.9. The van der Waals surface area contributed by atoms with Gasteiger partial charge in [-0.3, -0.25) is 5.41 Å². The Balaban J connectivity index is 1.88. The number of aromatic nitrogens is 1. The fraction of sp³-hybridized carbons (Fsp3) is 0.412. The largest absolute Gasteiger partial charge is 0.365 e. The van der Waals surface area contributed by atoms with Gasteiger partial charge in [0.2, 0.25) is 16.0 Å². The Kier molecular flexibility index (Phi) is 5.13. The van der Waals surface area contributed by atoms with E-state index in [0.29, 0.717) is 11.6 Å². The van der Waals surface area contributed by atoms with Crippen LogP contribution in [-0.2, 0) is 22.1 Å². The van der Waals surface area contributed by atoms with Crippen LogP contribution in [0.1, 0.15) is 22.4 Å². The van der Waals surface area contributed by atoms with Crippen LogP contribution in [0.4, 0.5) is 5.82 Å². The second-order valence-corrected chi connectivity index (χ2v) is 10.3. The van der Waals surface area contributed by atoms with Crippen molar-refractivity contribution in [3.63, 3.8) is 0 Å². The Morgan fingerprint density at radius 1 is 1.41 bits per heavy atom. The van der Waals surface area contributed by atoms with Gasteiger partial charge in [0.05, 0.1) is 27.7 Å². The van der Waals surface area contributed by atoms with Crippen molar-refractivity contribution < 1.29 is 8.42 Å². The van der Waals surface area contributed by atoms with E-state index in [0.717, 1.165) is 25.6 Å². The number of guanidine groups is 1. The number of nitrogens with one attached hydrogen (secondary N) is 2. The van der Waals surface area contributed by atoms with Crippen molar-refractivity contribution in [1.29, 1.82) is 5.41 Å². The van der Waals surface area contributed by atoms with Crippen LogP contribution in [0.25, 0.3) is 0 Å². The maximum Gasteiger partial charge on any atom is 0.239 e. The zero-order valence-electron chi connectivity index (χ0n) is 15.6. The summed E-state index contributed by atoms with van der Waals surface area (Å²) >= 11 is 7.93. The number of nitrogens with zero attached hydrogens (tertiary/aromatic N) is 3. The van der Waals surface area contributed by atoms with Gasteiger partial charge in [-0.15, -0.1) is 11.3 Å². The van der Waals surface area contributed by atoms with E-state index in [1.807, 2.05) is 38.1 Å². The minimum atomic E-state index is -3.58. The van der Waals surface area contributed by atoms with Crippen molar-refractivity contribution >= 4 is 44.7 Å². The Morgan fingerprint density at radius 2 is 2.11 bits per heavy atom. The highest BCUT2D eigenvalue weighted by atomic mass is 35.5. The van der Waals surface area contributed by atoms with Gasteiger partial charge in [-0.1, -0.05) is 17.7 Å². The maximum absolute atomic E-state index is 12.5. The van der Waals surface area contributed by atoms with Gasteiger partial charge in [0.1, 0.15) is 5.82 Å². The first-order valence-corrected chi connectivity index (χ1v) is 11.1. The van der Waals surface area contributed by atoms with E-state index in [1.54, 1.807) is 11.9 Å². The summed E-state index contributed by atoms with van der Waals surface area (Å²) in [5.74, 6) is 0.562. The van der Waals surface area contributed by atoms with E-state index in [-0.39, 0.29) is 11.7 Å². The molecule has 2 N–H and O–H groups in total. The third-order valence-electron chi connectivity index (χ3n) is 4.80. The molecule has 1 atom stereocenters. The fourth-order valence-electron chi connectivity index (χ4n) is 3.03. The van der Waals surface area contributed by atoms with Crippen molar-refractivity contribution in [3.8, 4) is 0 Å². The molecule has 0 aliphatic carbocycles. The van der Waals surface area contributed by atoms with E-state index in [2.05, 4.69) is 10.3 Å². The van der Waals surface area contributed by atoms with Gasteiger partial charge in [-0.25, -0.2) is 17.7 Å². The smallest absolute Gasteiger partial charge is 0.239 e. The van der Waals surface area contributed by atoms with Gasteiger partial charge in [-0.05, 0) is 32.0 Å². The highest BCUT2D eigenvalue weighted by Gasteiger charge is 2.47. The lowest BCUT2D eigenvalue weighted by molar-refractivity contribution is 0.231.